The fourth-order valence-corrected chi connectivity index (χ4v) is 2.79. The molecule has 0 saturated carbocycles. The molecule has 7 nitrogen and oxygen atoms in total. The van der Waals surface area contributed by atoms with Gasteiger partial charge in [-0.05, 0) is 22.0 Å². The zero-order valence-electron chi connectivity index (χ0n) is 10.2. The number of nitro benzene ring substituents is 1. The average Bonchev–Trinajstić information content (AvgIpc) is 3.01. The van der Waals surface area contributed by atoms with Crippen molar-refractivity contribution >= 4 is 44.2 Å². The number of aromatic nitrogens is 2. The van der Waals surface area contributed by atoms with Crippen LogP contribution in [-0.2, 0) is 0 Å². The number of thiazole rings is 1. The summed E-state index contributed by atoms with van der Waals surface area (Å²) >= 11 is 4.60. The Labute approximate surface area is 130 Å². The number of halogens is 1. The number of benzene rings is 1. The monoisotopic (exact) mass is 367 g/mol. The molecule has 0 saturated heterocycles. The van der Waals surface area contributed by atoms with E-state index in [1.807, 2.05) is 0 Å². The summed E-state index contributed by atoms with van der Waals surface area (Å²) in [6.45, 7) is 0. The number of aldehydes is 1. The van der Waals surface area contributed by atoms with Gasteiger partial charge in [0.1, 0.15) is 0 Å². The van der Waals surface area contributed by atoms with E-state index in [0.717, 1.165) is 0 Å². The Morgan fingerprint density at radius 1 is 1.48 bits per heavy atom. The summed E-state index contributed by atoms with van der Waals surface area (Å²) in [5.74, 6) is 0.330. The number of ether oxygens (including phenoxy) is 1. The van der Waals surface area contributed by atoms with Crippen molar-refractivity contribution < 1.29 is 14.5 Å². The number of rotatable bonds is 4. The lowest BCUT2D eigenvalue weighted by atomic mass is 10.3. The van der Waals surface area contributed by atoms with Gasteiger partial charge in [0.05, 0.1) is 15.5 Å². The molecule has 0 unspecified atom stereocenters. The predicted molar refractivity (Wildman–Crippen MR) is 79.3 cm³/mol. The van der Waals surface area contributed by atoms with Crippen LogP contribution in [0.3, 0.4) is 0 Å². The van der Waals surface area contributed by atoms with Gasteiger partial charge in [0.2, 0.25) is 5.88 Å². The lowest BCUT2D eigenvalue weighted by molar-refractivity contribution is -0.384. The van der Waals surface area contributed by atoms with Crippen LogP contribution in [0.25, 0.3) is 4.96 Å². The standard InChI is InChI=1S/C12H6BrN3O4S/c13-8-2-1-7(16(18)19)5-10(8)20-11-9(6-17)15-3-4-21-12(15)14-11/h1-6H. The number of hydrogen-bond donors (Lipinski definition) is 0. The van der Waals surface area contributed by atoms with Crippen molar-refractivity contribution in [1.82, 2.24) is 9.38 Å². The maximum Gasteiger partial charge on any atom is 0.273 e. The highest BCUT2D eigenvalue weighted by Crippen LogP contribution is 2.34. The Balaban J connectivity index is 2.05. The Hall–Kier alpha value is -2.26. The van der Waals surface area contributed by atoms with Crippen molar-refractivity contribution in [3.05, 3.63) is 50.1 Å². The molecule has 2 heterocycles. The van der Waals surface area contributed by atoms with E-state index < -0.39 is 4.92 Å². The fraction of sp³-hybridized carbons (Fsp3) is 0. The molecular formula is C12H6BrN3O4S. The number of non-ortho nitro benzene ring substituents is 1. The van der Waals surface area contributed by atoms with Gasteiger partial charge in [0, 0.05) is 17.6 Å². The van der Waals surface area contributed by atoms with Gasteiger partial charge in [-0.3, -0.25) is 19.3 Å². The fourth-order valence-electron chi connectivity index (χ4n) is 1.75. The van der Waals surface area contributed by atoms with Gasteiger partial charge in [-0.15, -0.1) is 11.3 Å². The second-order valence-corrected chi connectivity index (χ2v) is 5.68. The molecule has 3 rings (SSSR count). The van der Waals surface area contributed by atoms with Crippen molar-refractivity contribution in [2.45, 2.75) is 0 Å². The molecule has 0 amide bonds. The van der Waals surface area contributed by atoms with E-state index in [2.05, 4.69) is 20.9 Å². The van der Waals surface area contributed by atoms with E-state index in [9.17, 15) is 14.9 Å². The third kappa shape index (κ3) is 2.41. The summed E-state index contributed by atoms with van der Waals surface area (Å²) in [6.07, 6.45) is 2.33. The third-order valence-electron chi connectivity index (χ3n) is 2.71. The van der Waals surface area contributed by atoms with E-state index in [0.29, 0.717) is 15.7 Å². The summed E-state index contributed by atoms with van der Waals surface area (Å²) in [6, 6.07) is 4.13. The van der Waals surface area contributed by atoms with Gasteiger partial charge in [0.25, 0.3) is 5.69 Å². The molecule has 21 heavy (non-hydrogen) atoms. The number of nitrogens with zero attached hydrogens (tertiary/aromatic N) is 3. The van der Waals surface area contributed by atoms with Crippen molar-refractivity contribution in [2.24, 2.45) is 0 Å². The Morgan fingerprint density at radius 2 is 2.29 bits per heavy atom. The van der Waals surface area contributed by atoms with Crippen LogP contribution in [0, 0.1) is 10.1 Å². The first kappa shape index (κ1) is 13.7. The molecule has 0 aliphatic rings. The van der Waals surface area contributed by atoms with Crippen LogP contribution in [0.1, 0.15) is 10.5 Å². The highest BCUT2D eigenvalue weighted by molar-refractivity contribution is 9.10. The third-order valence-corrected chi connectivity index (χ3v) is 4.12. The van der Waals surface area contributed by atoms with Crippen LogP contribution >= 0.6 is 27.3 Å². The van der Waals surface area contributed by atoms with Crippen molar-refractivity contribution in [2.75, 3.05) is 0 Å². The topological polar surface area (TPSA) is 86.7 Å². The summed E-state index contributed by atoms with van der Waals surface area (Å²) in [5, 5.41) is 12.6. The smallest absolute Gasteiger partial charge is 0.273 e. The molecule has 1 aromatic carbocycles. The molecule has 0 fully saturated rings. The second kappa shape index (κ2) is 5.26. The summed E-state index contributed by atoms with van der Waals surface area (Å²) in [5.41, 5.74) is 0.145. The SMILES string of the molecule is O=Cc1c(Oc2cc([N+](=O)[O-])ccc2Br)nc2sccn12. The zero-order valence-corrected chi connectivity index (χ0v) is 12.6. The van der Waals surface area contributed by atoms with Crippen LogP contribution in [0.2, 0.25) is 0 Å². The Bertz CT molecular complexity index is 857. The van der Waals surface area contributed by atoms with E-state index in [1.165, 1.54) is 29.5 Å². The predicted octanol–water partition coefficient (Wildman–Crippen LogP) is 3.67. The van der Waals surface area contributed by atoms with Gasteiger partial charge >= 0.3 is 0 Å². The van der Waals surface area contributed by atoms with Crippen molar-refractivity contribution in [3.63, 3.8) is 0 Å². The number of carbonyl (C=O) groups excluding carboxylic acids is 1. The highest BCUT2D eigenvalue weighted by Gasteiger charge is 2.17. The van der Waals surface area contributed by atoms with Crippen molar-refractivity contribution in [1.29, 1.82) is 0 Å². The molecule has 2 aromatic heterocycles. The number of imidazole rings is 1. The minimum atomic E-state index is -0.522. The molecule has 0 N–H and O–H groups in total. The molecule has 0 bridgehead atoms. The lowest BCUT2D eigenvalue weighted by Crippen LogP contribution is -1.94. The summed E-state index contributed by atoms with van der Waals surface area (Å²) in [4.78, 5) is 26.3. The van der Waals surface area contributed by atoms with E-state index in [1.54, 1.807) is 16.0 Å². The molecule has 0 radical (unpaired) electrons. The maximum absolute atomic E-state index is 11.2. The van der Waals surface area contributed by atoms with Gasteiger partial charge in [-0.2, -0.15) is 4.98 Å². The molecule has 0 aliphatic heterocycles. The molecule has 0 atom stereocenters. The quantitative estimate of drug-likeness (QED) is 0.398. The first-order valence-electron chi connectivity index (χ1n) is 5.62. The van der Waals surface area contributed by atoms with Crippen LogP contribution in [-0.4, -0.2) is 20.6 Å². The van der Waals surface area contributed by atoms with E-state index in [4.69, 9.17) is 4.74 Å². The van der Waals surface area contributed by atoms with E-state index in [-0.39, 0.29) is 23.0 Å². The summed E-state index contributed by atoms with van der Waals surface area (Å²) in [7, 11) is 0. The molecular weight excluding hydrogens is 362 g/mol. The van der Waals surface area contributed by atoms with Crippen LogP contribution < -0.4 is 4.74 Å². The number of fused-ring (bicyclic) bond motifs is 1. The molecule has 0 aliphatic carbocycles. The Morgan fingerprint density at radius 3 is 3.00 bits per heavy atom. The normalized spacial score (nSPS) is 10.7. The largest absolute Gasteiger partial charge is 0.435 e. The van der Waals surface area contributed by atoms with E-state index >= 15 is 0 Å². The maximum atomic E-state index is 11.2. The van der Waals surface area contributed by atoms with Gasteiger partial charge in [0.15, 0.2) is 22.7 Å². The van der Waals surface area contributed by atoms with Crippen molar-refractivity contribution in [3.8, 4) is 11.6 Å². The van der Waals surface area contributed by atoms with Crippen LogP contribution in [0.4, 0.5) is 5.69 Å². The number of nitro groups is 1. The number of carbonyl (C=O) groups is 1. The minimum Gasteiger partial charge on any atom is -0.435 e. The van der Waals surface area contributed by atoms with Crippen LogP contribution in [0.15, 0.2) is 34.2 Å². The average molecular weight is 368 g/mol. The minimum absolute atomic E-state index is 0.109. The molecule has 3 aromatic rings. The molecule has 9 heteroatoms. The first-order valence-corrected chi connectivity index (χ1v) is 7.30. The first-order chi connectivity index (χ1) is 10.1. The molecule has 0 spiro atoms. The Kier molecular flexibility index (Phi) is 3.43. The summed E-state index contributed by atoms with van der Waals surface area (Å²) < 4.78 is 7.68. The van der Waals surface area contributed by atoms with Crippen LogP contribution in [0.5, 0.6) is 11.6 Å². The number of hydrogen-bond acceptors (Lipinski definition) is 6. The highest BCUT2D eigenvalue weighted by atomic mass is 79.9. The zero-order chi connectivity index (χ0) is 15.0. The lowest BCUT2D eigenvalue weighted by Gasteiger charge is -2.05. The second-order valence-electron chi connectivity index (χ2n) is 3.95. The van der Waals surface area contributed by atoms with Gasteiger partial charge in [-0.1, -0.05) is 0 Å². The molecule has 106 valence electrons. The van der Waals surface area contributed by atoms with Gasteiger partial charge in [-0.25, -0.2) is 0 Å². The van der Waals surface area contributed by atoms with Gasteiger partial charge < -0.3 is 4.74 Å².